The van der Waals surface area contributed by atoms with Gasteiger partial charge in [0, 0.05) is 12.1 Å². The lowest BCUT2D eigenvalue weighted by atomic mass is 10.2. The minimum absolute atomic E-state index is 0.0541. The Kier molecular flexibility index (Phi) is 3.82. The highest BCUT2D eigenvalue weighted by Gasteiger charge is 2.18. The van der Waals surface area contributed by atoms with Crippen molar-refractivity contribution >= 4 is 39.1 Å². The molecule has 100 valence electrons. The van der Waals surface area contributed by atoms with Crippen LogP contribution in [0.3, 0.4) is 0 Å². The summed E-state index contributed by atoms with van der Waals surface area (Å²) in [6, 6.07) is 4.42. The normalized spacial score (nSPS) is 10.5. The summed E-state index contributed by atoms with van der Waals surface area (Å²) < 4.78 is 2.21. The van der Waals surface area contributed by atoms with Crippen LogP contribution >= 0.6 is 27.5 Å². The van der Waals surface area contributed by atoms with Crippen LogP contribution in [0.5, 0.6) is 5.75 Å². The highest BCUT2D eigenvalue weighted by atomic mass is 79.9. The number of hydrogen-bond acceptors (Lipinski definition) is 3. The number of aromatic nitrogens is 2. The molecule has 2 aromatic rings. The molecule has 0 aliphatic carbocycles. The molecule has 1 heterocycles. The van der Waals surface area contributed by atoms with Crippen LogP contribution in [0.15, 0.2) is 22.7 Å². The predicted molar refractivity (Wildman–Crippen MR) is 76.7 cm³/mol. The van der Waals surface area contributed by atoms with Crippen molar-refractivity contribution in [1.29, 1.82) is 0 Å². The van der Waals surface area contributed by atoms with Crippen LogP contribution in [-0.4, -0.2) is 20.8 Å². The summed E-state index contributed by atoms with van der Waals surface area (Å²) >= 11 is 9.13. The number of carbonyl (C=O) groups excluding carboxylic acids is 1. The fourth-order valence-corrected chi connectivity index (χ4v) is 2.21. The Bertz CT molecular complexity index is 655. The fraction of sp³-hybridized carbons (Fsp3) is 0.167. The van der Waals surface area contributed by atoms with E-state index in [1.54, 1.807) is 11.7 Å². The van der Waals surface area contributed by atoms with E-state index in [4.69, 9.17) is 11.6 Å². The van der Waals surface area contributed by atoms with Gasteiger partial charge in [0.1, 0.15) is 5.75 Å². The number of anilines is 1. The second kappa shape index (κ2) is 5.22. The molecule has 1 aromatic heterocycles. The molecule has 2 N–H and O–H groups in total. The van der Waals surface area contributed by atoms with Crippen molar-refractivity contribution in [2.45, 2.75) is 6.92 Å². The molecular weight excluding hydrogens is 334 g/mol. The average molecular weight is 345 g/mol. The maximum Gasteiger partial charge on any atom is 0.277 e. The summed E-state index contributed by atoms with van der Waals surface area (Å²) in [6.07, 6.45) is 0. The SMILES string of the molecule is Cc1c(Br)c(C(=O)Nc2cc(Cl)ccc2O)nn1C. The number of benzene rings is 1. The lowest BCUT2D eigenvalue weighted by Gasteiger charge is -2.06. The monoisotopic (exact) mass is 343 g/mol. The highest BCUT2D eigenvalue weighted by Crippen LogP contribution is 2.28. The smallest absolute Gasteiger partial charge is 0.277 e. The maximum absolute atomic E-state index is 12.1. The second-order valence-corrected chi connectivity index (χ2v) is 5.22. The molecular formula is C12H11BrClN3O2. The van der Waals surface area contributed by atoms with Gasteiger partial charge >= 0.3 is 0 Å². The van der Waals surface area contributed by atoms with E-state index in [0.717, 1.165) is 5.69 Å². The molecule has 19 heavy (non-hydrogen) atoms. The first-order valence-electron chi connectivity index (χ1n) is 5.39. The molecule has 5 nitrogen and oxygen atoms in total. The Morgan fingerprint density at radius 1 is 1.53 bits per heavy atom. The number of nitrogens with zero attached hydrogens (tertiary/aromatic N) is 2. The van der Waals surface area contributed by atoms with Crippen molar-refractivity contribution < 1.29 is 9.90 Å². The largest absolute Gasteiger partial charge is 0.506 e. The third kappa shape index (κ3) is 2.74. The van der Waals surface area contributed by atoms with E-state index < -0.39 is 5.91 Å². The Morgan fingerprint density at radius 2 is 2.21 bits per heavy atom. The van der Waals surface area contributed by atoms with Gasteiger partial charge < -0.3 is 10.4 Å². The van der Waals surface area contributed by atoms with Crippen molar-refractivity contribution in [3.05, 3.63) is 39.1 Å². The zero-order valence-corrected chi connectivity index (χ0v) is 12.6. The summed E-state index contributed by atoms with van der Waals surface area (Å²) in [4.78, 5) is 12.1. The van der Waals surface area contributed by atoms with Gasteiger partial charge in [0.15, 0.2) is 5.69 Å². The molecule has 0 spiro atoms. The van der Waals surface area contributed by atoms with Gasteiger partial charge in [-0.25, -0.2) is 0 Å². The minimum Gasteiger partial charge on any atom is -0.506 e. The van der Waals surface area contributed by atoms with Gasteiger partial charge in [-0.05, 0) is 41.1 Å². The van der Waals surface area contributed by atoms with E-state index in [1.807, 2.05) is 6.92 Å². The average Bonchev–Trinajstić information content (AvgIpc) is 2.62. The number of nitrogens with one attached hydrogen (secondary N) is 1. The number of halogens is 2. The van der Waals surface area contributed by atoms with Crippen molar-refractivity contribution in [2.24, 2.45) is 7.05 Å². The molecule has 0 fully saturated rings. The molecule has 0 radical (unpaired) electrons. The van der Waals surface area contributed by atoms with Crippen LogP contribution in [0.4, 0.5) is 5.69 Å². The number of aromatic hydroxyl groups is 1. The lowest BCUT2D eigenvalue weighted by Crippen LogP contribution is -2.13. The van der Waals surface area contributed by atoms with Crippen molar-refractivity contribution in [1.82, 2.24) is 9.78 Å². The van der Waals surface area contributed by atoms with E-state index >= 15 is 0 Å². The molecule has 0 unspecified atom stereocenters. The first-order valence-corrected chi connectivity index (χ1v) is 6.56. The summed E-state index contributed by atoms with van der Waals surface area (Å²) in [5, 5.41) is 16.7. The van der Waals surface area contributed by atoms with Crippen LogP contribution in [0.2, 0.25) is 5.02 Å². The van der Waals surface area contributed by atoms with Crippen LogP contribution in [0, 0.1) is 6.92 Å². The number of amides is 1. The van der Waals surface area contributed by atoms with E-state index in [0.29, 0.717) is 9.50 Å². The molecule has 0 bridgehead atoms. The highest BCUT2D eigenvalue weighted by molar-refractivity contribution is 9.10. The molecule has 0 aliphatic rings. The van der Waals surface area contributed by atoms with Crippen LogP contribution < -0.4 is 5.32 Å². The van der Waals surface area contributed by atoms with Gasteiger partial charge in [0.2, 0.25) is 0 Å². The maximum atomic E-state index is 12.1. The standard InChI is InChI=1S/C12H11BrClN3O2/c1-6-10(13)11(16-17(6)2)12(19)15-8-5-7(14)3-4-9(8)18/h3-5,18H,1-2H3,(H,15,19). The van der Waals surface area contributed by atoms with E-state index in [1.165, 1.54) is 18.2 Å². The summed E-state index contributed by atoms with van der Waals surface area (Å²) in [5.41, 5.74) is 1.33. The second-order valence-electron chi connectivity index (χ2n) is 3.99. The van der Waals surface area contributed by atoms with Gasteiger partial charge in [-0.2, -0.15) is 5.10 Å². The van der Waals surface area contributed by atoms with E-state index in [2.05, 4.69) is 26.3 Å². The zero-order chi connectivity index (χ0) is 14.2. The quantitative estimate of drug-likeness (QED) is 0.823. The molecule has 1 amide bonds. The number of carbonyl (C=O) groups is 1. The molecule has 2 rings (SSSR count). The van der Waals surface area contributed by atoms with E-state index in [-0.39, 0.29) is 17.1 Å². The van der Waals surface area contributed by atoms with Gasteiger partial charge in [-0.1, -0.05) is 11.6 Å². The number of aryl methyl sites for hydroxylation is 1. The van der Waals surface area contributed by atoms with E-state index in [9.17, 15) is 9.90 Å². The first-order chi connectivity index (χ1) is 8.90. The molecule has 0 aliphatic heterocycles. The Balaban J connectivity index is 2.30. The summed E-state index contributed by atoms with van der Waals surface area (Å²) in [6.45, 7) is 1.84. The van der Waals surface area contributed by atoms with Crippen LogP contribution in [0.1, 0.15) is 16.2 Å². The molecule has 7 heteroatoms. The zero-order valence-electron chi connectivity index (χ0n) is 10.2. The van der Waals surface area contributed by atoms with Gasteiger partial charge in [-0.3, -0.25) is 9.48 Å². The Labute approximate surface area is 123 Å². The number of rotatable bonds is 2. The Morgan fingerprint density at radius 3 is 2.79 bits per heavy atom. The predicted octanol–water partition coefficient (Wildman–Crippen LogP) is 3.10. The lowest BCUT2D eigenvalue weighted by molar-refractivity contribution is 0.102. The fourth-order valence-electron chi connectivity index (χ4n) is 1.52. The Hall–Kier alpha value is -1.53. The molecule has 1 aromatic carbocycles. The van der Waals surface area contributed by atoms with Gasteiger partial charge in [0.05, 0.1) is 15.9 Å². The van der Waals surface area contributed by atoms with Crippen molar-refractivity contribution in [3.8, 4) is 5.75 Å². The van der Waals surface area contributed by atoms with Crippen molar-refractivity contribution in [2.75, 3.05) is 5.32 Å². The topological polar surface area (TPSA) is 67.2 Å². The van der Waals surface area contributed by atoms with Crippen LogP contribution in [0.25, 0.3) is 0 Å². The summed E-state index contributed by atoms with van der Waals surface area (Å²) in [7, 11) is 1.74. The van der Waals surface area contributed by atoms with Crippen molar-refractivity contribution in [3.63, 3.8) is 0 Å². The van der Waals surface area contributed by atoms with Gasteiger partial charge in [-0.15, -0.1) is 0 Å². The third-order valence-electron chi connectivity index (χ3n) is 2.68. The number of phenols is 1. The number of hydrogen-bond donors (Lipinski definition) is 2. The third-order valence-corrected chi connectivity index (χ3v) is 3.87. The summed E-state index contributed by atoms with van der Waals surface area (Å²) in [5.74, 6) is -0.477. The van der Waals surface area contributed by atoms with Gasteiger partial charge in [0.25, 0.3) is 5.91 Å². The minimum atomic E-state index is -0.423. The molecule has 0 saturated heterocycles. The molecule has 0 atom stereocenters. The van der Waals surface area contributed by atoms with Crippen LogP contribution in [-0.2, 0) is 7.05 Å². The molecule has 0 saturated carbocycles. The number of phenolic OH excluding ortho intramolecular Hbond substituents is 1. The first kappa shape index (κ1) is 13.9.